The lowest BCUT2D eigenvalue weighted by atomic mass is 10.1. The van der Waals surface area contributed by atoms with Gasteiger partial charge >= 0.3 is 0 Å². The SMILES string of the molecule is Cc1ccc(-c2nc3cnccn3c2Nc2cccc(C(N)=O)c2)c(S)c1. The molecular weight excluding hydrogens is 358 g/mol. The van der Waals surface area contributed by atoms with Crippen LogP contribution >= 0.6 is 12.6 Å². The van der Waals surface area contributed by atoms with Crippen molar-refractivity contribution in [2.75, 3.05) is 5.32 Å². The first-order valence-corrected chi connectivity index (χ1v) is 8.76. The second-order valence-corrected chi connectivity index (χ2v) is 6.69. The number of benzene rings is 2. The number of amides is 1. The molecule has 4 aromatic rings. The summed E-state index contributed by atoms with van der Waals surface area (Å²) in [6.45, 7) is 2.02. The van der Waals surface area contributed by atoms with Crippen molar-refractivity contribution in [1.82, 2.24) is 14.4 Å². The number of carbonyl (C=O) groups excluding carboxylic acids is 1. The third-order valence-corrected chi connectivity index (χ3v) is 4.62. The van der Waals surface area contributed by atoms with Crippen LogP contribution in [-0.2, 0) is 0 Å². The predicted octanol–water partition coefficient (Wildman–Crippen LogP) is 3.84. The number of hydrogen-bond acceptors (Lipinski definition) is 5. The van der Waals surface area contributed by atoms with Crippen molar-refractivity contribution in [3.05, 3.63) is 72.2 Å². The average Bonchev–Trinajstić information content (AvgIpc) is 3.00. The summed E-state index contributed by atoms with van der Waals surface area (Å²) in [5.41, 5.74) is 10.0. The van der Waals surface area contributed by atoms with E-state index < -0.39 is 5.91 Å². The van der Waals surface area contributed by atoms with E-state index in [2.05, 4.69) is 22.9 Å². The first-order chi connectivity index (χ1) is 13.0. The van der Waals surface area contributed by atoms with Gasteiger partial charge in [-0.3, -0.25) is 14.2 Å². The molecule has 2 aromatic carbocycles. The minimum absolute atomic E-state index is 0.433. The molecule has 2 heterocycles. The Kier molecular flexibility index (Phi) is 4.29. The van der Waals surface area contributed by atoms with Crippen LogP contribution in [-0.4, -0.2) is 20.3 Å². The molecule has 0 aliphatic heterocycles. The molecule has 6 nitrogen and oxygen atoms in total. The van der Waals surface area contributed by atoms with E-state index in [1.807, 2.05) is 41.8 Å². The molecule has 1 amide bonds. The van der Waals surface area contributed by atoms with Crippen molar-refractivity contribution in [3.63, 3.8) is 0 Å². The number of nitrogens with one attached hydrogen (secondary N) is 1. The first kappa shape index (κ1) is 17.1. The summed E-state index contributed by atoms with van der Waals surface area (Å²) < 4.78 is 1.91. The number of thiol groups is 1. The third-order valence-electron chi connectivity index (χ3n) is 4.25. The minimum atomic E-state index is -0.475. The number of rotatable bonds is 4. The fourth-order valence-electron chi connectivity index (χ4n) is 2.94. The molecular formula is C20H17N5OS. The number of aryl methyl sites for hydroxylation is 1. The molecule has 0 saturated carbocycles. The maximum Gasteiger partial charge on any atom is 0.248 e. The van der Waals surface area contributed by atoms with Gasteiger partial charge in [0.1, 0.15) is 11.5 Å². The molecule has 3 N–H and O–H groups in total. The zero-order valence-corrected chi connectivity index (χ0v) is 15.4. The number of carbonyl (C=O) groups is 1. The molecule has 0 fully saturated rings. The zero-order chi connectivity index (χ0) is 19.0. The number of imidazole rings is 1. The van der Waals surface area contributed by atoms with Crippen molar-refractivity contribution in [2.45, 2.75) is 11.8 Å². The van der Waals surface area contributed by atoms with Crippen LogP contribution in [0.25, 0.3) is 16.9 Å². The fraction of sp³-hybridized carbons (Fsp3) is 0.0500. The minimum Gasteiger partial charge on any atom is -0.366 e. The van der Waals surface area contributed by atoms with Crippen LogP contribution in [0, 0.1) is 6.92 Å². The Morgan fingerprint density at radius 2 is 2.07 bits per heavy atom. The largest absolute Gasteiger partial charge is 0.366 e. The van der Waals surface area contributed by atoms with Gasteiger partial charge in [-0.25, -0.2) is 4.98 Å². The smallest absolute Gasteiger partial charge is 0.248 e. The highest BCUT2D eigenvalue weighted by molar-refractivity contribution is 7.80. The zero-order valence-electron chi connectivity index (χ0n) is 14.5. The van der Waals surface area contributed by atoms with E-state index in [1.54, 1.807) is 30.6 Å². The summed E-state index contributed by atoms with van der Waals surface area (Å²) in [5.74, 6) is 0.283. The van der Waals surface area contributed by atoms with Crippen molar-refractivity contribution in [3.8, 4) is 11.3 Å². The van der Waals surface area contributed by atoms with Crippen LogP contribution in [0.2, 0.25) is 0 Å². The summed E-state index contributed by atoms with van der Waals surface area (Å²) >= 11 is 4.62. The Bertz CT molecular complexity index is 1170. The van der Waals surface area contributed by atoms with Crippen molar-refractivity contribution >= 4 is 35.7 Å². The molecule has 0 aliphatic rings. The van der Waals surface area contributed by atoms with Crippen molar-refractivity contribution in [1.29, 1.82) is 0 Å². The normalized spacial score (nSPS) is 10.9. The number of nitrogens with zero attached hydrogens (tertiary/aromatic N) is 3. The van der Waals surface area contributed by atoms with Gasteiger partial charge in [0, 0.05) is 34.1 Å². The molecule has 0 unspecified atom stereocenters. The van der Waals surface area contributed by atoms with Gasteiger partial charge in [-0.2, -0.15) is 0 Å². The van der Waals surface area contributed by atoms with Crippen LogP contribution in [0.1, 0.15) is 15.9 Å². The summed E-state index contributed by atoms with van der Waals surface area (Å²) in [5, 5.41) is 3.36. The molecule has 4 rings (SSSR count). The van der Waals surface area contributed by atoms with E-state index in [0.29, 0.717) is 11.2 Å². The summed E-state index contributed by atoms with van der Waals surface area (Å²) in [6, 6.07) is 13.1. The van der Waals surface area contributed by atoms with Gasteiger partial charge in [-0.05, 0) is 36.8 Å². The van der Waals surface area contributed by atoms with E-state index in [9.17, 15) is 4.79 Å². The Morgan fingerprint density at radius 1 is 1.22 bits per heavy atom. The second-order valence-electron chi connectivity index (χ2n) is 6.20. The lowest BCUT2D eigenvalue weighted by Crippen LogP contribution is -2.11. The summed E-state index contributed by atoms with van der Waals surface area (Å²) in [6.07, 6.45) is 5.22. The van der Waals surface area contributed by atoms with Gasteiger partial charge in [0.15, 0.2) is 5.65 Å². The molecule has 27 heavy (non-hydrogen) atoms. The molecule has 0 radical (unpaired) electrons. The van der Waals surface area contributed by atoms with Gasteiger partial charge in [0.2, 0.25) is 5.91 Å². The number of hydrogen-bond donors (Lipinski definition) is 3. The Morgan fingerprint density at radius 3 is 2.85 bits per heavy atom. The van der Waals surface area contributed by atoms with Gasteiger partial charge in [-0.1, -0.05) is 18.2 Å². The summed E-state index contributed by atoms with van der Waals surface area (Å²) in [4.78, 5) is 21.2. The van der Waals surface area contributed by atoms with E-state index in [0.717, 1.165) is 33.2 Å². The first-order valence-electron chi connectivity index (χ1n) is 8.32. The van der Waals surface area contributed by atoms with Crippen LogP contribution in [0.4, 0.5) is 11.5 Å². The van der Waals surface area contributed by atoms with Crippen LogP contribution in [0.15, 0.2) is 66.0 Å². The Labute approximate surface area is 161 Å². The fourth-order valence-corrected chi connectivity index (χ4v) is 3.33. The Hall–Kier alpha value is -3.32. The lowest BCUT2D eigenvalue weighted by Gasteiger charge is -2.11. The van der Waals surface area contributed by atoms with E-state index >= 15 is 0 Å². The molecule has 0 spiro atoms. The quantitative estimate of drug-likeness (QED) is 0.473. The van der Waals surface area contributed by atoms with Crippen molar-refractivity contribution < 1.29 is 4.79 Å². The van der Waals surface area contributed by atoms with Gasteiger partial charge in [0.25, 0.3) is 0 Å². The summed E-state index contributed by atoms with van der Waals surface area (Å²) in [7, 11) is 0. The van der Waals surface area contributed by atoms with Gasteiger partial charge in [0.05, 0.1) is 6.20 Å². The standard InChI is InChI=1S/C20H17N5OS/c1-12-5-6-15(16(27)9-12)18-20(25-8-7-22-11-17(25)24-18)23-14-4-2-3-13(10-14)19(21)26/h2-11,23,27H,1H3,(H2,21,26). The number of fused-ring (bicyclic) bond motifs is 1. The van der Waals surface area contributed by atoms with Crippen molar-refractivity contribution in [2.24, 2.45) is 5.73 Å². The lowest BCUT2D eigenvalue weighted by molar-refractivity contribution is 0.100. The topological polar surface area (TPSA) is 85.3 Å². The van der Waals surface area contributed by atoms with E-state index in [4.69, 9.17) is 10.7 Å². The molecule has 0 atom stereocenters. The number of primary amides is 1. The van der Waals surface area contributed by atoms with Crippen LogP contribution < -0.4 is 11.1 Å². The van der Waals surface area contributed by atoms with Gasteiger partial charge in [-0.15, -0.1) is 12.6 Å². The highest BCUT2D eigenvalue weighted by Gasteiger charge is 2.17. The predicted molar refractivity (Wildman–Crippen MR) is 109 cm³/mol. The second kappa shape index (κ2) is 6.77. The van der Waals surface area contributed by atoms with Gasteiger partial charge < -0.3 is 11.1 Å². The molecule has 0 aliphatic carbocycles. The van der Waals surface area contributed by atoms with Crippen LogP contribution in [0.5, 0.6) is 0 Å². The number of nitrogens with two attached hydrogens (primary N) is 1. The average molecular weight is 375 g/mol. The number of aromatic nitrogens is 3. The van der Waals surface area contributed by atoms with E-state index in [1.165, 1.54) is 0 Å². The van der Waals surface area contributed by atoms with Crippen LogP contribution in [0.3, 0.4) is 0 Å². The molecule has 0 saturated heterocycles. The monoisotopic (exact) mass is 375 g/mol. The molecule has 0 bridgehead atoms. The molecule has 7 heteroatoms. The Balaban J connectivity index is 1.88. The third kappa shape index (κ3) is 3.24. The highest BCUT2D eigenvalue weighted by Crippen LogP contribution is 2.34. The molecule has 134 valence electrons. The molecule has 2 aromatic heterocycles. The van der Waals surface area contributed by atoms with E-state index in [-0.39, 0.29) is 0 Å². The maximum atomic E-state index is 11.5. The maximum absolute atomic E-state index is 11.5. The number of anilines is 2. The highest BCUT2D eigenvalue weighted by atomic mass is 32.1.